The summed E-state index contributed by atoms with van der Waals surface area (Å²) in [7, 11) is 0. The highest BCUT2D eigenvalue weighted by atomic mass is 35.5. The predicted octanol–water partition coefficient (Wildman–Crippen LogP) is 7.61. The molecular formula is C32H29ClF3NO6. The van der Waals surface area contributed by atoms with Crippen LogP contribution in [-0.4, -0.2) is 39.9 Å². The number of aryl methyl sites for hydroxylation is 1. The van der Waals surface area contributed by atoms with Crippen LogP contribution in [0.5, 0.6) is 11.5 Å². The van der Waals surface area contributed by atoms with Crippen LogP contribution >= 0.6 is 11.6 Å². The minimum Gasteiger partial charge on any atom is -0.494 e. The van der Waals surface area contributed by atoms with Crippen LogP contribution in [0.25, 0.3) is 23.1 Å². The number of aromatic nitrogens is 1. The van der Waals surface area contributed by atoms with Crippen LogP contribution in [-0.2, 0) is 22.6 Å². The number of fused-ring (bicyclic) bond motifs is 1. The van der Waals surface area contributed by atoms with E-state index in [1.54, 1.807) is 35.0 Å². The lowest BCUT2D eigenvalue weighted by Gasteiger charge is -2.09. The summed E-state index contributed by atoms with van der Waals surface area (Å²) in [5.41, 5.74) is 2.53. The van der Waals surface area contributed by atoms with Crippen molar-refractivity contribution in [1.29, 1.82) is 0 Å². The lowest BCUT2D eigenvalue weighted by molar-refractivity contribution is -0.138. The van der Waals surface area contributed by atoms with Crippen LogP contribution in [0.2, 0.25) is 5.02 Å². The number of rotatable bonds is 15. The van der Waals surface area contributed by atoms with E-state index >= 15 is 0 Å². The summed E-state index contributed by atoms with van der Waals surface area (Å²) in [6.07, 6.45) is 6.99. The average molecular weight is 616 g/mol. The molecule has 1 heterocycles. The topological polar surface area (TPSA) is 98.0 Å². The number of ether oxygens (including phenoxy) is 2. The molecule has 0 radical (unpaired) electrons. The molecule has 0 bridgehead atoms. The quantitative estimate of drug-likeness (QED) is 0.0811. The molecule has 43 heavy (non-hydrogen) atoms. The SMILES string of the molecule is O=C(O)CCCc1cn(CC(=O)O)c2c(C=Cc3ccc(OCCCCOc4cc(F)cc(F)c4Cl)cc3)cc(F)cc12. The predicted molar refractivity (Wildman–Crippen MR) is 157 cm³/mol. The van der Waals surface area contributed by atoms with Crippen molar-refractivity contribution in [3.63, 3.8) is 0 Å². The molecule has 2 N–H and O–H groups in total. The smallest absolute Gasteiger partial charge is 0.323 e. The molecule has 11 heteroatoms. The van der Waals surface area contributed by atoms with Crippen molar-refractivity contribution in [1.82, 2.24) is 4.57 Å². The Bertz CT molecular complexity index is 1630. The van der Waals surface area contributed by atoms with E-state index in [0.29, 0.717) is 66.1 Å². The summed E-state index contributed by atoms with van der Waals surface area (Å²) in [6, 6.07) is 11.6. The molecule has 0 atom stereocenters. The monoisotopic (exact) mass is 615 g/mol. The fourth-order valence-corrected chi connectivity index (χ4v) is 4.77. The highest BCUT2D eigenvalue weighted by molar-refractivity contribution is 6.32. The van der Waals surface area contributed by atoms with Crippen LogP contribution in [0.1, 0.15) is 42.4 Å². The highest BCUT2D eigenvalue weighted by Crippen LogP contribution is 2.30. The first-order valence-electron chi connectivity index (χ1n) is 13.5. The Morgan fingerprint density at radius 2 is 1.56 bits per heavy atom. The van der Waals surface area contributed by atoms with Crippen molar-refractivity contribution in [3.8, 4) is 11.5 Å². The maximum atomic E-state index is 14.6. The molecule has 4 rings (SSSR count). The van der Waals surface area contributed by atoms with Gasteiger partial charge in [0.1, 0.15) is 40.5 Å². The van der Waals surface area contributed by atoms with Gasteiger partial charge in [-0.1, -0.05) is 35.9 Å². The van der Waals surface area contributed by atoms with E-state index in [2.05, 4.69) is 0 Å². The fraction of sp³-hybridized carbons (Fsp3) is 0.250. The van der Waals surface area contributed by atoms with E-state index in [1.807, 2.05) is 12.1 Å². The van der Waals surface area contributed by atoms with E-state index in [1.165, 1.54) is 12.1 Å². The zero-order valence-electron chi connectivity index (χ0n) is 23.0. The molecule has 0 unspecified atom stereocenters. The molecule has 0 spiro atoms. The molecule has 4 aromatic rings. The molecule has 0 aliphatic carbocycles. The van der Waals surface area contributed by atoms with E-state index in [4.69, 9.17) is 26.2 Å². The second kappa shape index (κ2) is 14.6. The Morgan fingerprint density at radius 3 is 2.26 bits per heavy atom. The molecule has 3 aromatic carbocycles. The Hall–Kier alpha value is -4.44. The van der Waals surface area contributed by atoms with Gasteiger partial charge in [0, 0.05) is 35.7 Å². The highest BCUT2D eigenvalue weighted by Gasteiger charge is 2.16. The summed E-state index contributed by atoms with van der Waals surface area (Å²) in [5.74, 6) is -3.54. The minimum absolute atomic E-state index is 0.0456. The van der Waals surface area contributed by atoms with Gasteiger partial charge >= 0.3 is 11.9 Å². The molecule has 0 saturated carbocycles. The second-order valence-corrected chi connectivity index (χ2v) is 10.2. The Kier molecular flexibility index (Phi) is 10.7. The normalized spacial score (nSPS) is 11.3. The summed E-state index contributed by atoms with van der Waals surface area (Å²) >= 11 is 5.79. The lowest BCUT2D eigenvalue weighted by Crippen LogP contribution is -2.08. The Labute approximate surface area is 250 Å². The van der Waals surface area contributed by atoms with Crippen molar-refractivity contribution < 1.29 is 42.4 Å². The first-order chi connectivity index (χ1) is 20.6. The first kappa shape index (κ1) is 31.5. The first-order valence-corrected chi connectivity index (χ1v) is 13.9. The molecule has 0 saturated heterocycles. The van der Waals surface area contributed by atoms with Gasteiger partial charge in [0.2, 0.25) is 0 Å². The molecule has 0 aliphatic heterocycles. The number of hydrogen-bond donors (Lipinski definition) is 2. The van der Waals surface area contributed by atoms with Crippen molar-refractivity contribution in [2.24, 2.45) is 0 Å². The van der Waals surface area contributed by atoms with Crippen LogP contribution in [0, 0.1) is 17.5 Å². The summed E-state index contributed by atoms with van der Waals surface area (Å²) < 4.78 is 54.1. The van der Waals surface area contributed by atoms with E-state index in [0.717, 1.165) is 11.6 Å². The molecule has 1 aromatic heterocycles. The van der Waals surface area contributed by atoms with Gasteiger partial charge < -0.3 is 24.3 Å². The molecule has 0 amide bonds. The number of carbonyl (C=O) groups is 2. The summed E-state index contributed by atoms with van der Waals surface area (Å²) in [5, 5.41) is 18.6. The molecular weight excluding hydrogens is 587 g/mol. The van der Waals surface area contributed by atoms with Gasteiger partial charge in [0.25, 0.3) is 0 Å². The number of halogens is 4. The number of unbranched alkanes of at least 4 members (excludes halogenated alkanes) is 1. The fourth-order valence-electron chi connectivity index (χ4n) is 4.61. The molecule has 0 fully saturated rings. The van der Waals surface area contributed by atoms with E-state index in [-0.39, 0.29) is 30.3 Å². The maximum Gasteiger partial charge on any atom is 0.323 e. The second-order valence-electron chi connectivity index (χ2n) is 9.82. The minimum atomic E-state index is -1.05. The number of benzene rings is 3. The van der Waals surface area contributed by atoms with Crippen LogP contribution < -0.4 is 9.47 Å². The van der Waals surface area contributed by atoms with Gasteiger partial charge in [-0.3, -0.25) is 9.59 Å². The third kappa shape index (κ3) is 8.78. The largest absolute Gasteiger partial charge is 0.494 e. The van der Waals surface area contributed by atoms with Crippen LogP contribution in [0.3, 0.4) is 0 Å². The third-order valence-electron chi connectivity index (χ3n) is 6.55. The average Bonchev–Trinajstić information content (AvgIpc) is 3.28. The Morgan fingerprint density at radius 1 is 0.860 bits per heavy atom. The maximum absolute atomic E-state index is 14.6. The number of nitrogens with zero attached hydrogens (tertiary/aromatic N) is 1. The number of carboxylic acid groups (broad SMARTS) is 2. The number of aliphatic carboxylic acids is 2. The van der Waals surface area contributed by atoms with E-state index < -0.39 is 29.4 Å². The van der Waals surface area contributed by atoms with Gasteiger partial charge in [0.05, 0.1) is 18.7 Å². The Balaban J connectivity index is 1.37. The van der Waals surface area contributed by atoms with Gasteiger partial charge in [-0.25, -0.2) is 13.2 Å². The third-order valence-corrected chi connectivity index (χ3v) is 6.92. The lowest BCUT2D eigenvalue weighted by atomic mass is 10.0. The molecule has 0 aliphatic rings. The zero-order valence-corrected chi connectivity index (χ0v) is 23.8. The molecule has 7 nitrogen and oxygen atoms in total. The van der Waals surface area contributed by atoms with Crippen molar-refractivity contribution in [3.05, 3.63) is 93.9 Å². The van der Waals surface area contributed by atoms with Crippen molar-refractivity contribution in [2.75, 3.05) is 13.2 Å². The van der Waals surface area contributed by atoms with Gasteiger partial charge in [-0.2, -0.15) is 0 Å². The van der Waals surface area contributed by atoms with Gasteiger partial charge in [-0.05, 0) is 61.1 Å². The van der Waals surface area contributed by atoms with Gasteiger partial charge in [0.15, 0.2) is 0 Å². The van der Waals surface area contributed by atoms with Gasteiger partial charge in [-0.15, -0.1) is 0 Å². The van der Waals surface area contributed by atoms with Crippen molar-refractivity contribution >= 4 is 46.6 Å². The summed E-state index contributed by atoms with van der Waals surface area (Å²) in [4.78, 5) is 22.4. The van der Waals surface area contributed by atoms with E-state index in [9.17, 15) is 27.9 Å². The number of carboxylic acids is 2. The summed E-state index contributed by atoms with van der Waals surface area (Å²) in [6.45, 7) is 0.278. The standard InChI is InChI=1S/C32H29ClF3NO6/c33-31-27(36)16-24(35)17-28(31)43-13-2-1-12-42-25-10-7-20(8-11-25)6-9-21-14-23(34)15-26-22(4-3-5-29(38)39)18-37(32(21)26)19-30(40)41/h6-11,14-18H,1-5,12-13,19H2,(H,38,39)(H,40,41). The zero-order chi connectivity index (χ0) is 30.9. The molecule has 226 valence electrons. The van der Waals surface area contributed by atoms with Crippen LogP contribution in [0.15, 0.2) is 54.7 Å². The van der Waals surface area contributed by atoms with Crippen molar-refractivity contribution in [2.45, 2.75) is 38.6 Å². The van der Waals surface area contributed by atoms with Crippen LogP contribution in [0.4, 0.5) is 13.2 Å². The number of hydrogen-bond acceptors (Lipinski definition) is 4.